The Morgan fingerprint density at radius 2 is 1.00 bits per heavy atom. The van der Waals surface area contributed by atoms with Crippen LogP contribution in [0.2, 0.25) is 0 Å². The number of rotatable bonds is 2. The molecule has 0 bridgehead atoms. The van der Waals surface area contributed by atoms with E-state index in [1.807, 2.05) is 0 Å². The fourth-order valence-corrected chi connectivity index (χ4v) is 7.74. The molecule has 2 fully saturated rings. The van der Waals surface area contributed by atoms with Crippen LogP contribution in [0.1, 0.15) is 149 Å². The molecule has 2 N–H and O–H groups in total. The number of carboxylic acids is 1. The van der Waals surface area contributed by atoms with E-state index < -0.39 is 5.97 Å². The standard InChI is InChI=1S/C36H54N2O2.C2H4O2.Mn/c1-33(2,3)25-17-23(31(39)27(19-25)35(7,8)9)21-37-29-15-13-14-16-30(29)38-22-24-18-26(34(4,5)6)20-28(32(24)40)36(10,11)12;1-2(3)4;/h17-22,29-30,39-40H,13-16H2,1-12H3;1H3,(H,3,4);/q;;+2/p-1. The Morgan fingerprint density at radius 1 is 0.689 bits per heavy atom. The first-order chi connectivity index (χ1) is 20.4. The van der Waals surface area contributed by atoms with Crippen LogP contribution in [0.4, 0.5) is 0 Å². The van der Waals surface area contributed by atoms with Crippen molar-refractivity contribution >= 4 is 18.4 Å². The Labute approximate surface area is 278 Å². The molecule has 2 aliphatic rings. The molecule has 1 aliphatic heterocycles. The summed E-state index contributed by atoms with van der Waals surface area (Å²) in [6, 6.07) is 9.56. The molecular weight excluding hydrogens is 603 g/mol. The van der Waals surface area contributed by atoms with Crippen molar-refractivity contribution in [2.75, 3.05) is 0 Å². The van der Waals surface area contributed by atoms with E-state index in [9.17, 15) is 10.2 Å². The van der Waals surface area contributed by atoms with Gasteiger partial charge in [-0.3, -0.25) is 0 Å². The van der Waals surface area contributed by atoms with Gasteiger partial charge in [0.15, 0.2) is 0 Å². The molecule has 7 heteroatoms. The van der Waals surface area contributed by atoms with Crippen molar-refractivity contribution < 1.29 is 42.7 Å². The van der Waals surface area contributed by atoms with Crippen LogP contribution < -0.4 is 5.11 Å². The van der Waals surface area contributed by atoms with Gasteiger partial charge in [0.25, 0.3) is 0 Å². The molecule has 2 aromatic carbocycles. The number of aromatic hydroxyl groups is 2. The van der Waals surface area contributed by atoms with Gasteiger partial charge in [-0.1, -0.05) is 0 Å². The summed E-state index contributed by atoms with van der Waals surface area (Å²) >= 11 is 0.376. The van der Waals surface area contributed by atoms with E-state index in [1.54, 1.807) is 0 Å². The Kier molecular flexibility index (Phi) is 10.8. The molecule has 0 spiro atoms. The van der Waals surface area contributed by atoms with Gasteiger partial charge in [-0.15, -0.1) is 0 Å². The molecule has 0 radical (unpaired) electrons. The predicted molar refractivity (Wildman–Crippen MR) is 179 cm³/mol. The number of aliphatic carboxylic acids is 1. The van der Waals surface area contributed by atoms with Gasteiger partial charge in [0, 0.05) is 5.97 Å². The molecule has 1 aliphatic carbocycles. The molecule has 2 aromatic rings. The fraction of sp³-hybridized carbons (Fsp3) is 0.605. The van der Waals surface area contributed by atoms with E-state index in [2.05, 4.69) is 127 Å². The van der Waals surface area contributed by atoms with Crippen LogP contribution in [0.3, 0.4) is 0 Å². The molecule has 1 heterocycles. The van der Waals surface area contributed by atoms with Crippen LogP contribution in [-0.2, 0) is 41.8 Å². The van der Waals surface area contributed by atoms with Crippen molar-refractivity contribution in [3.8, 4) is 11.5 Å². The van der Waals surface area contributed by atoms with Gasteiger partial charge in [-0.05, 0) is 6.92 Å². The zero-order valence-electron chi connectivity index (χ0n) is 29.9. The second-order valence-corrected chi connectivity index (χ2v) is 18.3. The van der Waals surface area contributed by atoms with Crippen LogP contribution >= 0.6 is 0 Å². The van der Waals surface area contributed by atoms with Gasteiger partial charge in [-0.2, -0.15) is 0 Å². The SMILES string of the molecule is CC(=O)[O-].CC(C)(C)c1cc(C=[N+]2[Mn][N+](=Cc3cc(C(C)(C)C)cc(C(C)(C)C)c3O)C3CCCCC32)c(O)c(C(C)(C)C)c1. The zero-order valence-corrected chi connectivity index (χ0v) is 31.1. The van der Waals surface area contributed by atoms with Gasteiger partial charge >= 0.3 is 257 Å². The molecule has 1 saturated carbocycles. The third-order valence-corrected chi connectivity index (χ3v) is 10.3. The quantitative estimate of drug-likeness (QED) is 0.346. The molecule has 249 valence electrons. The van der Waals surface area contributed by atoms with Gasteiger partial charge in [0.2, 0.25) is 0 Å². The summed E-state index contributed by atoms with van der Waals surface area (Å²) in [5.41, 5.74) is 5.97. The number of carbonyl (C=O) groups excluding carboxylic acids is 1. The van der Waals surface area contributed by atoms with Crippen molar-refractivity contribution in [2.45, 2.75) is 149 Å². The maximum absolute atomic E-state index is 11.5. The molecule has 6 nitrogen and oxygen atoms in total. The van der Waals surface area contributed by atoms with E-state index in [0.717, 1.165) is 42.0 Å². The molecule has 0 amide bonds. The number of benzene rings is 2. The molecule has 2 atom stereocenters. The second-order valence-electron chi connectivity index (χ2n) is 16.9. The van der Waals surface area contributed by atoms with Crippen molar-refractivity contribution in [1.29, 1.82) is 0 Å². The minimum atomic E-state index is -1.08. The Hall–Kier alpha value is -2.63. The summed E-state index contributed by atoms with van der Waals surface area (Å²) in [5.74, 6) is -0.285. The monoisotopic (exact) mass is 660 g/mol. The van der Waals surface area contributed by atoms with E-state index in [4.69, 9.17) is 9.90 Å². The number of hydrogen-bond acceptors (Lipinski definition) is 4. The first-order valence-corrected chi connectivity index (χ1v) is 17.3. The molecule has 4 rings (SSSR count). The minimum absolute atomic E-state index is 0.0165. The average molecular weight is 661 g/mol. The van der Waals surface area contributed by atoms with Gasteiger partial charge in [0.1, 0.15) is 0 Å². The van der Waals surface area contributed by atoms with Gasteiger partial charge in [0.05, 0.1) is 0 Å². The predicted octanol–water partition coefficient (Wildman–Crippen LogP) is 6.84. The number of fused-ring (bicyclic) bond motifs is 1. The average Bonchev–Trinajstić information content (AvgIpc) is 3.20. The number of carboxylic acid groups (broad SMARTS) is 1. The summed E-state index contributed by atoms with van der Waals surface area (Å²) in [7, 11) is 0. The summed E-state index contributed by atoms with van der Waals surface area (Å²) in [4.78, 5) is 8.89. The molecule has 1 saturated heterocycles. The number of hydrogen-bond donors (Lipinski definition) is 2. The first kappa shape index (κ1) is 36.8. The Morgan fingerprint density at radius 3 is 1.27 bits per heavy atom. The van der Waals surface area contributed by atoms with Crippen LogP contribution in [0.5, 0.6) is 11.5 Å². The van der Waals surface area contributed by atoms with E-state index >= 15 is 0 Å². The van der Waals surface area contributed by atoms with Crippen molar-refractivity contribution in [1.82, 2.24) is 0 Å². The number of carbonyl (C=O) groups is 1. The van der Waals surface area contributed by atoms with Gasteiger partial charge in [-0.25, -0.2) is 0 Å². The van der Waals surface area contributed by atoms with Crippen molar-refractivity contribution in [3.63, 3.8) is 0 Å². The van der Waals surface area contributed by atoms with Crippen LogP contribution in [0, 0.1) is 0 Å². The van der Waals surface area contributed by atoms with Crippen LogP contribution in [-0.4, -0.2) is 47.9 Å². The van der Waals surface area contributed by atoms with Crippen LogP contribution in [0.25, 0.3) is 0 Å². The molecule has 0 aromatic heterocycles. The number of phenols is 2. The number of nitrogens with zero attached hydrogens (tertiary/aromatic N) is 2. The zero-order chi connectivity index (χ0) is 34.3. The molecule has 45 heavy (non-hydrogen) atoms. The fourth-order valence-electron chi connectivity index (χ4n) is 5.90. The van der Waals surface area contributed by atoms with E-state index in [1.165, 1.54) is 24.0 Å². The normalized spacial score (nSPS) is 21.0. The van der Waals surface area contributed by atoms with E-state index in [0.29, 0.717) is 39.0 Å². The van der Waals surface area contributed by atoms with E-state index in [-0.39, 0.29) is 21.7 Å². The third-order valence-electron chi connectivity index (χ3n) is 8.65. The van der Waals surface area contributed by atoms with Crippen molar-refractivity contribution in [3.05, 3.63) is 57.6 Å². The summed E-state index contributed by atoms with van der Waals surface area (Å²) in [5, 5.41) is 31.9. The Bertz CT molecular complexity index is 1370. The van der Waals surface area contributed by atoms with Crippen molar-refractivity contribution in [2.24, 2.45) is 0 Å². The maximum atomic E-state index is 11.5. The summed E-state index contributed by atoms with van der Waals surface area (Å²) in [6.45, 7) is 27.5. The Balaban J connectivity index is 0.00000130. The summed E-state index contributed by atoms with van der Waals surface area (Å²) < 4.78 is 4.96. The first-order valence-electron chi connectivity index (χ1n) is 16.3. The number of phenolic OH excluding ortho intramolecular Hbond substituents is 2. The van der Waals surface area contributed by atoms with Crippen LogP contribution in [0.15, 0.2) is 24.3 Å². The molecule has 2 unspecified atom stereocenters. The second kappa shape index (κ2) is 13.2. The molecular formula is C38H57MnN2O4+. The summed E-state index contributed by atoms with van der Waals surface area (Å²) in [6.07, 6.45) is 9.19. The third kappa shape index (κ3) is 9.01. The topological polar surface area (TPSA) is 86.6 Å². The van der Waals surface area contributed by atoms with Gasteiger partial charge < -0.3 is 9.90 Å².